The first-order valence-corrected chi connectivity index (χ1v) is 8.68. The number of nitrogens with zero attached hydrogens (tertiary/aromatic N) is 4. The highest BCUT2D eigenvalue weighted by Crippen LogP contribution is 2.27. The van der Waals surface area contributed by atoms with Gasteiger partial charge in [-0.15, -0.1) is 0 Å². The van der Waals surface area contributed by atoms with Crippen LogP contribution in [0.3, 0.4) is 0 Å². The molecule has 24 heavy (non-hydrogen) atoms. The number of hydrogen-bond acceptors (Lipinski definition) is 4. The Balaban J connectivity index is 1.81. The maximum atomic E-state index is 5.53. The van der Waals surface area contributed by atoms with Gasteiger partial charge in [-0.2, -0.15) is 0 Å². The quantitative estimate of drug-likeness (QED) is 0.865. The average molecular weight is 328 g/mol. The number of fused-ring (bicyclic) bond motifs is 1. The van der Waals surface area contributed by atoms with Crippen molar-refractivity contribution in [3.05, 3.63) is 40.2 Å². The molecule has 130 valence electrons. The Hall–Kier alpha value is -1.88. The van der Waals surface area contributed by atoms with Gasteiger partial charge in [0.05, 0.1) is 18.5 Å². The standard InChI is InChI=1S/C19H28N4O/c1-12(2)19-21-16-11-23(8-7-17(16)22(19)5)10-15-14(4)18(24-6)13(3)9-20-15/h9,12H,7-8,10-11H2,1-6H3. The van der Waals surface area contributed by atoms with E-state index in [9.17, 15) is 0 Å². The minimum atomic E-state index is 0.458. The Morgan fingerprint density at radius 1 is 1.29 bits per heavy atom. The van der Waals surface area contributed by atoms with Gasteiger partial charge < -0.3 is 9.30 Å². The Kier molecular flexibility index (Phi) is 4.63. The second-order valence-corrected chi connectivity index (χ2v) is 7.08. The van der Waals surface area contributed by atoms with E-state index in [0.717, 1.165) is 48.6 Å². The molecule has 0 saturated carbocycles. The molecule has 0 spiro atoms. The van der Waals surface area contributed by atoms with Crippen molar-refractivity contribution < 1.29 is 4.74 Å². The molecule has 5 heteroatoms. The summed E-state index contributed by atoms with van der Waals surface area (Å²) in [6, 6.07) is 0. The highest BCUT2D eigenvalue weighted by Gasteiger charge is 2.24. The maximum absolute atomic E-state index is 5.53. The van der Waals surface area contributed by atoms with E-state index in [1.807, 2.05) is 13.1 Å². The van der Waals surface area contributed by atoms with Gasteiger partial charge in [0.25, 0.3) is 0 Å². The summed E-state index contributed by atoms with van der Waals surface area (Å²) in [5.74, 6) is 2.60. The fourth-order valence-corrected chi connectivity index (χ4v) is 3.70. The smallest absolute Gasteiger partial charge is 0.128 e. The van der Waals surface area contributed by atoms with Crippen molar-refractivity contribution in [2.75, 3.05) is 13.7 Å². The second-order valence-electron chi connectivity index (χ2n) is 7.08. The van der Waals surface area contributed by atoms with Crippen molar-refractivity contribution in [3.8, 4) is 5.75 Å². The number of rotatable bonds is 4. The summed E-state index contributed by atoms with van der Waals surface area (Å²) in [5.41, 5.74) is 5.95. The highest BCUT2D eigenvalue weighted by atomic mass is 16.5. The van der Waals surface area contributed by atoms with Crippen LogP contribution in [-0.4, -0.2) is 33.1 Å². The summed E-state index contributed by atoms with van der Waals surface area (Å²) in [7, 11) is 3.88. The molecule has 0 atom stereocenters. The summed E-state index contributed by atoms with van der Waals surface area (Å²) in [6.45, 7) is 11.3. The third-order valence-electron chi connectivity index (χ3n) is 5.01. The van der Waals surface area contributed by atoms with Crippen molar-refractivity contribution in [1.82, 2.24) is 19.4 Å². The van der Waals surface area contributed by atoms with E-state index >= 15 is 0 Å². The molecule has 0 unspecified atom stereocenters. The van der Waals surface area contributed by atoms with Crippen molar-refractivity contribution in [3.63, 3.8) is 0 Å². The van der Waals surface area contributed by atoms with Crippen LogP contribution in [0, 0.1) is 13.8 Å². The number of imidazole rings is 1. The molecule has 1 aliphatic heterocycles. The largest absolute Gasteiger partial charge is 0.496 e. The third-order valence-corrected chi connectivity index (χ3v) is 5.01. The Labute approximate surface area is 144 Å². The minimum Gasteiger partial charge on any atom is -0.496 e. The zero-order chi connectivity index (χ0) is 17.4. The molecule has 0 N–H and O–H groups in total. The molecular formula is C19H28N4O. The lowest BCUT2D eigenvalue weighted by Gasteiger charge is -2.27. The van der Waals surface area contributed by atoms with Crippen LogP contribution in [0.5, 0.6) is 5.75 Å². The number of ether oxygens (including phenoxy) is 1. The normalized spacial score (nSPS) is 15.0. The fourth-order valence-electron chi connectivity index (χ4n) is 3.70. The lowest BCUT2D eigenvalue weighted by atomic mass is 10.1. The van der Waals surface area contributed by atoms with E-state index in [-0.39, 0.29) is 0 Å². The lowest BCUT2D eigenvalue weighted by Crippen LogP contribution is -2.31. The van der Waals surface area contributed by atoms with Gasteiger partial charge in [-0.1, -0.05) is 13.8 Å². The zero-order valence-electron chi connectivity index (χ0n) is 15.7. The summed E-state index contributed by atoms with van der Waals surface area (Å²) in [6.07, 6.45) is 2.96. The monoisotopic (exact) mass is 328 g/mol. The first-order chi connectivity index (χ1) is 11.4. The van der Waals surface area contributed by atoms with Crippen LogP contribution in [0.2, 0.25) is 0 Å². The summed E-state index contributed by atoms with van der Waals surface area (Å²) >= 11 is 0. The predicted molar refractivity (Wildman–Crippen MR) is 95.4 cm³/mol. The van der Waals surface area contributed by atoms with Gasteiger partial charge >= 0.3 is 0 Å². The molecule has 0 bridgehead atoms. The van der Waals surface area contributed by atoms with E-state index in [1.165, 1.54) is 17.2 Å². The second kappa shape index (κ2) is 6.55. The van der Waals surface area contributed by atoms with Gasteiger partial charge in [0.2, 0.25) is 0 Å². The van der Waals surface area contributed by atoms with Crippen LogP contribution in [0.1, 0.15) is 53.8 Å². The van der Waals surface area contributed by atoms with Gasteiger partial charge in [-0.25, -0.2) is 4.98 Å². The van der Waals surface area contributed by atoms with E-state index in [0.29, 0.717) is 5.92 Å². The zero-order valence-corrected chi connectivity index (χ0v) is 15.7. The van der Waals surface area contributed by atoms with Crippen molar-refractivity contribution in [2.45, 2.75) is 53.1 Å². The number of methoxy groups -OCH3 is 1. The van der Waals surface area contributed by atoms with Crippen LogP contribution < -0.4 is 4.74 Å². The van der Waals surface area contributed by atoms with Gasteiger partial charge in [-0.05, 0) is 13.8 Å². The van der Waals surface area contributed by atoms with E-state index in [2.05, 4.69) is 42.3 Å². The number of aromatic nitrogens is 3. The molecule has 0 fully saturated rings. The molecule has 3 rings (SSSR count). The van der Waals surface area contributed by atoms with Gasteiger partial charge in [0.15, 0.2) is 0 Å². The van der Waals surface area contributed by atoms with E-state index < -0.39 is 0 Å². The van der Waals surface area contributed by atoms with Gasteiger partial charge in [-0.3, -0.25) is 9.88 Å². The first kappa shape index (κ1) is 17.0. The average Bonchev–Trinajstić information content (AvgIpc) is 2.87. The first-order valence-electron chi connectivity index (χ1n) is 8.68. The van der Waals surface area contributed by atoms with E-state index in [1.54, 1.807) is 7.11 Å². The molecule has 2 aromatic heterocycles. The van der Waals surface area contributed by atoms with Crippen molar-refractivity contribution >= 4 is 0 Å². The molecule has 5 nitrogen and oxygen atoms in total. The maximum Gasteiger partial charge on any atom is 0.128 e. The highest BCUT2D eigenvalue weighted by molar-refractivity contribution is 5.41. The van der Waals surface area contributed by atoms with Gasteiger partial charge in [0, 0.05) is 62.0 Å². The molecule has 1 aliphatic rings. The van der Waals surface area contributed by atoms with Crippen molar-refractivity contribution in [1.29, 1.82) is 0 Å². The molecule has 2 aromatic rings. The predicted octanol–water partition coefficient (Wildman–Crippen LogP) is 3.12. The molecule has 0 aromatic carbocycles. The summed E-state index contributed by atoms with van der Waals surface area (Å²) in [5, 5.41) is 0. The Bertz CT molecular complexity index is 748. The van der Waals surface area contributed by atoms with Crippen LogP contribution in [0.4, 0.5) is 0 Å². The SMILES string of the molecule is COc1c(C)cnc(CN2CCc3c(nc(C(C)C)n3C)C2)c1C. The molecule has 3 heterocycles. The molecule has 0 amide bonds. The van der Waals surface area contributed by atoms with Crippen LogP contribution in [0.25, 0.3) is 0 Å². The summed E-state index contributed by atoms with van der Waals surface area (Å²) in [4.78, 5) is 12.0. The topological polar surface area (TPSA) is 43.2 Å². The van der Waals surface area contributed by atoms with Gasteiger partial charge in [0.1, 0.15) is 11.6 Å². The molecular weight excluding hydrogens is 300 g/mol. The Morgan fingerprint density at radius 3 is 2.71 bits per heavy atom. The number of pyridine rings is 1. The fraction of sp³-hybridized carbons (Fsp3) is 0.579. The number of aryl methyl sites for hydroxylation is 1. The lowest BCUT2D eigenvalue weighted by molar-refractivity contribution is 0.236. The Morgan fingerprint density at radius 2 is 2.04 bits per heavy atom. The summed E-state index contributed by atoms with van der Waals surface area (Å²) < 4.78 is 7.82. The molecule has 0 saturated heterocycles. The third kappa shape index (κ3) is 2.93. The number of hydrogen-bond donors (Lipinski definition) is 0. The molecule has 0 aliphatic carbocycles. The van der Waals surface area contributed by atoms with E-state index in [4.69, 9.17) is 9.72 Å². The van der Waals surface area contributed by atoms with Crippen LogP contribution in [0.15, 0.2) is 6.20 Å². The van der Waals surface area contributed by atoms with Crippen LogP contribution in [-0.2, 0) is 26.6 Å². The minimum absolute atomic E-state index is 0.458. The van der Waals surface area contributed by atoms with Crippen molar-refractivity contribution in [2.24, 2.45) is 7.05 Å². The van der Waals surface area contributed by atoms with Crippen LogP contribution >= 0.6 is 0 Å². The molecule has 0 radical (unpaired) electrons.